The van der Waals surface area contributed by atoms with Crippen LogP contribution < -0.4 is 0 Å². The molecule has 5 heteroatoms. The smallest absolute Gasteiger partial charge is 0.234 e. The van der Waals surface area contributed by atoms with Gasteiger partial charge in [0, 0.05) is 24.7 Å². The first kappa shape index (κ1) is 12.4. The molecule has 5 nitrogen and oxygen atoms in total. The molecule has 0 fully saturated rings. The van der Waals surface area contributed by atoms with E-state index < -0.39 is 0 Å². The molecule has 2 aromatic heterocycles. The Morgan fingerprint density at radius 1 is 1.33 bits per heavy atom. The Bertz CT molecular complexity index is 520. The summed E-state index contributed by atoms with van der Waals surface area (Å²) >= 11 is 0. The van der Waals surface area contributed by atoms with Crippen molar-refractivity contribution in [2.24, 2.45) is 5.92 Å². The van der Waals surface area contributed by atoms with Crippen molar-refractivity contribution in [2.75, 3.05) is 0 Å². The van der Waals surface area contributed by atoms with Crippen LogP contribution in [0.15, 0.2) is 29.0 Å². The van der Waals surface area contributed by atoms with Crippen LogP contribution in [0.25, 0.3) is 0 Å². The van der Waals surface area contributed by atoms with Crippen LogP contribution in [-0.4, -0.2) is 20.9 Å². The van der Waals surface area contributed by atoms with Gasteiger partial charge in [0.05, 0.1) is 6.42 Å². The highest BCUT2D eigenvalue weighted by atomic mass is 16.5. The Hall–Kier alpha value is -2.04. The molecule has 0 saturated heterocycles. The van der Waals surface area contributed by atoms with Gasteiger partial charge in [0.15, 0.2) is 5.82 Å². The van der Waals surface area contributed by atoms with Gasteiger partial charge in [0.25, 0.3) is 0 Å². The predicted molar refractivity (Wildman–Crippen MR) is 64.9 cm³/mol. The number of aromatic nitrogens is 3. The third kappa shape index (κ3) is 3.23. The molecule has 0 saturated carbocycles. The minimum atomic E-state index is -0.0134. The van der Waals surface area contributed by atoms with Crippen molar-refractivity contribution >= 4 is 5.78 Å². The molecule has 0 aliphatic heterocycles. The summed E-state index contributed by atoms with van der Waals surface area (Å²) in [5.74, 6) is 1.07. The average Bonchev–Trinajstić information content (AvgIpc) is 2.77. The lowest BCUT2D eigenvalue weighted by Gasteiger charge is -1.98. The normalized spacial score (nSPS) is 10.8. The summed E-state index contributed by atoms with van der Waals surface area (Å²) in [5.41, 5.74) is 1.06. The number of pyridine rings is 1. The Labute approximate surface area is 105 Å². The highest BCUT2D eigenvalue weighted by Crippen LogP contribution is 2.08. The van der Waals surface area contributed by atoms with E-state index in [4.69, 9.17) is 4.52 Å². The summed E-state index contributed by atoms with van der Waals surface area (Å²) in [6.07, 6.45) is 4.24. The average molecular weight is 245 g/mol. The number of rotatable bonds is 5. The molecule has 0 radical (unpaired) electrons. The van der Waals surface area contributed by atoms with Gasteiger partial charge in [-0.3, -0.25) is 9.78 Å². The molecule has 2 heterocycles. The summed E-state index contributed by atoms with van der Waals surface area (Å²) in [6.45, 7) is 3.72. The van der Waals surface area contributed by atoms with E-state index in [0.29, 0.717) is 18.1 Å². The number of hydrogen-bond donors (Lipinski definition) is 0. The lowest BCUT2D eigenvalue weighted by atomic mass is 10.1. The molecule has 0 spiro atoms. The van der Waals surface area contributed by atoms with E-state index in [1.807, 2.05) is 26.0 Å². The fourth-order valence-corrected chi connectivity index (χ4v) is 1.47. The van der Waals surface area contributed by atoms with Crippen molar-refractivity contribution < 1.29 is 9.32 Å². The van der Waals surface area contributed by atoms with Gasteiger partial charge in [0.2, 0.25) is 5.89 Å². The van der Waals surface area contributed by atoms with Crippen LogP contribution >= 0.6 is 0 Å². The molecule has 94 valence electrons. The fraction of sp³-hybridized carbons (Fsp3) is 0.385. The Morgan fingerprint density at radius 2 is 2.06 bits per heavy atom. The number of Topliss-reactive ketones (excluding diaryl/α,β-unsaturated/α-hetero) is 1. The largest absolute Gasteiger partial charge is 0.339 e. The number of carbonyl (C=O) groups excluding carboxylic acids is 1. The first-order valence-corrected chi connectivity index (χ1v) is 5.88. The van der Waals surface area contributed by atoms with Crippen LogP contribution in [0.2, 0.25) is 0 Å². The van der Waals surface area contributed by atoms with Crippen LogP contribution in [0, 0.1) is 5.92 Å². The Morgan fingerprint density at radius 3 is 2.72 bits per heavy atom. The third-order valence-electron chi connectivity index (χ3n) is 2.59. The minimum Gasteiger partial charge on any atom is -0.339 e. The van der Waals surface area contributed by atoms with E-state index in [9.17, 15) is 4.79 Å². The highest BCUT2D eigenvalue weighted by molar-refractivity contribution is 5.81. The van der Waals surface area contributed by atoms with Crippen molar-refractivity contribution in [3.05, 3.63) is 41.8 Å². The van der Waals surface area contributed by atoms with Gasteiger partial charge in [-0.2, -0.15) is 4.98 Å². The van der Waals surface area contributed by atoms with Gasteiger partial charge < -0.3 is 4.52 Å². The van der Waals surface area contributed by atoms with E-state index in [1.165, 1.54) is 0 Å². The molecular weight excluding hydrogens is 230 g/mol. The maximum absolute atomic E-state index is 11.5. The number of ketones is 1. The van der Waals surface area contributed by atoms with Crippen LogP contribution in [-0.2, 0) is 17.6 Å². The quantitative estimate of drug-likeness (QED) is 0.803. The summed E-state index contributed by atoms with van der Waals surface area (Å²) in [7, 11) is 0. The van der Waals surface area contributed by atoms with Gasteiger partial charge >= 0.3 is 0 Å². The SMILES string of the molecule is CC(C)C(=O)Cc1nc(Cc2ccncc2)no1. The van der Waals surface area contributed by atoms with Crippen molar-refractivity contribution in [2.45, 2.75) is 26.7 Å². The summed E-state index contributed by atoms with van der Waals surface area (Å²) in [4.78, 5) is 19.7. The van der Waals surface area contributed by atoms with Gasteiger partial charge in [-0.05, 0) is 17.7 Å². The highest BCUT2D eigenvalue weighted by Gasteiger charge is 2.14. The zero-order chi connectivity index (χ0) is 13.0. The molecule has 18 heavy (non-hydrogen) atoms. The summed E-state index contributed by atoms with van der Waals surface area (Å²) < 4.78 is 5.06. The van der Waals surface area contributed by atoms with E-state index >= 15 is 0 Å². The van der Waals surface area contributed by atoms with Crippen molar-refractivity contribution in [3.63, 3.8) is 0 Å². The lowest BCUT2D eigenvalue weighted by molar-refractivity contribution is -0.121. The number of carbonyl (C=O) groups is 1. The van der Waals surface area contributed by atoms with Gasteiger partial charge in [0.1, 0.15) is 5.78 Å². The Balaban J connectivity index is 2.00. The topological polar surface area (TPSA) is 68.9 Å². The third-order valence-corrected chi connectivity index (χ3v) is 2.59. The van der Waals surface area contributed by atoms with Gasteiger partial charge in [-0.25, -0.2) is 0 Å². The summed E-state index contributed by atoms with van der Waals surface area (Å²) in [6, 6.07) is 3.80. The van der Waals surface area contributed by atoms with Gasteiger partial charge in [-0.1, -0.05) is 19.0 Å². The molecule has 0 N–H and O–H groups in total. The predicted octanol–water partition coefficient (Wildman–Crippen LogP) is 1.82. The number of hydrogen-bond acceptors (Lipinski definition) is 5. The fourth-order valence-electron chi connectivity index (χ4n) is 1.47. The van der Waals surface area contributed by atoms with Crippen molar-refractivity contribution in [3.8, 4) is 0 Å². The standard InChI is InChI=1S/C13H15N3O2/c1-9(2)11(17)8-13-15-12(16-18-13)7-10-3-5-14-6-4-10/h3-6,9H,7-8H2,1-2H3. The second-order valence-electron chi connectivity index (χ2n) is 4.43. The van der Waals surface area contributed by atoms with Crippen molar-refractivity contribution in [1.82, 2.24) is 15.1 Å². The first-order valence-electron chi connectivity index (χ1n) is 5.88. The van der Waals surface area contributed by atoms with Crippen LogP contribution in [0.1, 0.15) is 31.1 Å². The lowest BCUT2D eigenvalue weighted by Crippen LogP contribution is -2.10. The molecule has 0 bridgehead atoms. The van der Waals surface area contributed by atoms with E-state index in [-0.39, 0.29) is 18.1 Å². The van der Waals surface area contributed by atoms with E-state index in [0.717, 1.165) is 5.56 Å². The van der Waals surface area contributed by atoms with E-state index in [2.05, 4.69) is 15.1 Å². The molecule has 2 rings (SSSR count). The monoisotopic (exact) mass is 245 g/mol. The molecular formula is C13H15N3O2. The Kier molecular flexibility index (Phi) is 3.82. The molecule has 0 aliphatic carbocycles. The zero-order valence-corrected chi connectivity index (χ0v) is 10.5. The maximum Gasteiger partial charge on any atom is 0.234 e. The van der Waals surface area contributed by atoms with Gasteiger partial charge in [-0.15, -0.1) is 0 Å². The molecule has 0 aromatic carbocycles. The molecule has 0 amide bonds. The van der Waals surface area contributed by atoms with E-state index in [1.54, 1.807) is 12.4 Å². The number of nitrogens with zero attached hydrogens (tertiary/aromatic N) is 3. The second kappa shape index (κ2) is 5.53. The zero-order valence-electron chi connectivity index (χ0n) is 10.5. The molecule has 0 unspecified atom stereocenters. The maximum atomic E-state index is 11.5. The van der Waals surface area contributed by atoms with Crippen LogP contribution in [0.3, 0.4) is 0 Å². The van der Waals surface area contributed by atoms with Crippen LogP contribution in [0.5, 0.6) is 0 Å². The molecule has 0 atom stereocenters. The van der Waals surface area contributed by atoms with Crippen molar-refractivity contribution in [1.29, 1.82) is 0 Å². The first-order chi connectivity index (χ1) is 8.65. The summed E-state index contributed by atoms with van der Waals surface area (Å²) in [5, 5.41) is 3.87. The molecule has 2 aromatic rings. The minimum absolute atomic E-state index is 0.0134. The second-order valence-corrected chi connectivity index (χ2v) is 4.43. The van der Waals surface area contributed by atoms with Crippen LogP contribution in [0.4, 0.5) is 0 Å². The molecule has 0 aliphatic rings.